The van der Waals surface area contributed by atoms with E-state index in [0.29, 0.717) is 13.1 Å². The fraction of sp³-hybridized carbons (Fsp3) is 0.750. The lowest BCUT2D eigenvalue weighted by Gasteiger charge is -2.17. The van der Waals surface area contributed by atoms with E-state index < -0.39 is 11.8 Å². The average molecular weight is 170 g/mol. The van der Waals surface area contributed by atoms with E-state index in [-0.39, 0.29) is 0 Å². The molecule has 0 unspecified atom stereocenters. The Morgan fingerprint density at radius 2 is 1.50 bits per heavy atom. The minimum Gasteiger partial charge on any atom is -0.361 e. The molecule has 1 rings (SSSR count). The van der Waals surface area contributed by atoms with Gasteiger partial charge in [-0.2, -0.15) is 0 Å². The van der Waals surface area contributed by atoms with E-state index in [9.17, 15) is 9.59 Å². The highest BCUT2D eigenvalue weighted by Crippen LogP contribution is 2.09. The summed E-state index contributed by atoms with van der Waals surface area (Å²) in [6.45, 7) is 1.36. The van der Waals surface area contributed by atoms with Crippen LogP contribution < -0.4 is 5.73 Å². The van der Waals surface area contributed by atoms with E-state index in [0.717, 1.165) is 25.7 Å². The van der Waals surface area contributed by atoms with E-state index in [4.69, 9.17) is 5.73 Å². The lowest BCUT2D eigenvalue weighted by atomic mass is 10.2. The van der Waals surface area contributed by atoms with Gasteiger partial charge in [-0.3, -0.25) is 9.59 Å². The van der Waals surface area contributed by atoms with E-state index in [1.807, 2.05) is 0 Å². The number of carbonyl (C=O) groups is 2. The third-order valence-electron chi connectivity index (χ3n) is 2.10. The Hall–Kier alpha value is -1.06. The molecule has 1 heterocycles. The highest BCUT2D eigenvalue weighted by molar-refractivity contribution is 6.34. The molecule has 0 saturated carbocycles. The maximum absolute atomic E-state index is 11.1. The van der Waals surface area contributed by atoms with Crippen molar-refractivity contribution in [2.75, 3.05) is 13.1 Å². The molecule has 0 aromatic heterocycles. The molecule has 1 fully saturated rings. The van der Waals surface area contributed by atoms with Crippen molar-refractivity contribution in [1.82, 2.24) is 4.90 Å². The molecule has 1 aliphatic heterocycles. The molecule has 1 aliphatic rings. The SMILES string of the molecule is NC(=O)C(=O)N1CCCCCC1. The van der Waals surface area contributed by atoms with Gasteiger partial charge in [-0.15, -0.1) is 0 Å². The molecule has 0 bridgehead atoms. The first-order valence-corrected chi connectivity index (χ1v) is 4.30. The monoisotopic (exact) mass is 170 g/mol. The molecule has 0 aromatic rings. The maximum atomic E-state index is 11.1. The Bertz CT molecular complexity index is 183. The summed E-state index contributed by atoms with van der Waals surface area (Å²) in [6.07, 6.45) is 4.25. The summed E-state index contributed by atoms with van der Waals surface area (Å²) in [7, 11) is 0. The summed E-state index contributed by atoms with van der Waals surface area (Å²) in [5, 5.41) is 0. The third-order valence-corrected chi connectivity index (χ3v) is 2.10. The van der Waals surface area contributed by atoms with Crippen LogP contribution in [0.15, 0.2) is 0 Å². The number of primary amides is 1. The smallest absolute Gasteiger partial charge is 0.311 e. The zero-order chi connectivity index (χ0) is 8.97. The highest BCUT2D eigenvalue weighted by Gasteiger charge is 2.19. The van der Waals surface area contributed by atoms with Crippen LogP contribution in [0.3, 0.4) is 0 Å². The number of nitrogens with two attached hydrogens (primary N) is 1. The van der Waals surface area contributed by atoms with Crippen LogP contribution >= 0.6 is 0 Å². The van der Waals surface area contributed by atoms with Crippen LogP contribution in [0.4, 0.5) is 0 Å². The summed E-state index contributed by atoms with van der Waals surface area (Å²) < 4.78 is 0. The van der Waals surface area contributed by atoms with Gasteiger partial charge in [0.25, 0.3) is 0 Å². The van der Waals surface area contributed by atoms with Crippen molar-refractivity contribution in [2.45, 2.75) is 25.7 Å². The van der Waals surface area contributed by atoms with Crippen LogP contribution in [0.2, 0.25) is 0 Å². The molecule has 2 N–H and O–H groups in total. The van der Waals surface area contributed by atoms with Crippen molar-refractivity contribution in [3.63, 3.8) is 0 Å². The van der Waals surface area contributed by atoms with Crippen molar-refractivity contribution in [2.24, 2.45) is 5.73 Å². The second-order valence-electron chi connectivity index (χ2n) is 3.07. The minimum absolute atomic E-state index is 0.531. The first-order valence-electron chi connectivity index (χ1n) is 4.30. The lowest BCUT2D eigenvalue weighted by molar-refractivity contribution is -0.144. The van der Waals surface area contributed by atoms with E-state index in [1.54, 1.807) is 4.90 Å². The summed E-state index contributed by atoms with van der Waals surface area (Å²) in [6, 6.07) is 0. The van der Waals surface area contributed by atoms with Crippen LogP contribution in [-0.4, -0.2) is 29.8 Å². The molecule has 0 atom stereocenters. The van der Waals surface area contributed by atoms with Crippen molar-refractivity contribution >= 4 is 11.8 Å². The van der Waals surface area contributed by atoms with Crippen LogP contribution in [-0.2, 0) is 9.59 Å². The Morgan fingerprint density at radius 1 is 1.00 bits per heavy atom. The molecule has 0 aromatic carbocycles. The summed E-state index contributed by atoms with van der Waals surface area (Å²) in [5.74, 6) is -1.37. The van der Waals surface area contributed by atoms with Gasteiger partial charge in [0.15, 0.2) is 0 Å². The van der Waals surface area contributed by atoms with Gasteiger partial charge in [0.2, 0.25) is 0 Å². The molecule has 1 saturated heterocycles. The van der Waals surface area contributed by atoms with Crippen LogP contribution in [0.25, 0.3) is 0 Å². The second kappa shape index (κ2) is 4.09. The van der Waals surface area contributed by atoms with E-state index in [2.05, 4.69) is 0 Å². The molecule has 12 heavy (non-hydrogen) atoms. The van der Waals surface area contributed by atoms with Crippen molar-refractivity contribution in [3.8, 4) is 0 Å². The highest BCUT2D eigenvalue weighted by atomic mass is 16.2. The Morgan fingerprint density at radius 3 is 1.92 bits per heavy atom. The summed E-state index contributed by atoms with van der Waals surface area (Å²) >= 11 is 0. The summed E-state index contributed by atoms with van der Waals surface area (Å²) in [5.41, 5.74) is 4.89. The summed E-state index contributed by atoms with van der Waals surface area (Å²) in [4.78, 5) is 23.2. The molecule has 0 spiro atoms. The molecule has 0 aliphatic carbocycles. The fourth-order valence-corrected chi connectivity index (χ4v) is 1.43. The first kappa shape index (κ1) is 9.03. The molecular formula is C8H14N2O2. The van der Waals surface area contributed by atoms with Gasteiger partial charge in [-0.1, -0.05) is 12.8 Å². The van der Waals surface area contributed by atoms with Crippen LogP contribution in [0.5, 0.6) is 0 Å². The number of likely N-dealkylation sites (tertiary alicyclic amines) is 1. The number of carbonyl (C=O) groups excluding carboxylic acids is 2. The van der Waals surface area contributed by atoms with Crippen LogP contribution in [0.1, 0.15) is 25.7 Å². The average Bonchev–Trinajstić information content (AvgIpc) is 2.30. The molecule has 68 valence electrons. The van der Waals surface area contributed by atoms with Gasteiger partial charge in [0.05, 0.1) is 0 Å². The third kappa shape index (κ3) is 2.22. The van der Waals surface area contributed by atoms with Gasteiger partial charge in [-0.05, 0) is 12.8 Å². The predicted molar refractivity (Wildman–Crippen MR) is 44.2 cm³/mol. The quantitative estimate of drug-likeness (QED) is 0.515. The molecular weight excluding hydrogens is 156 g/mol. The Labute approximate surface area is 71.7 Å². The zero-order valence-corrected chi connectivity index (χ0v) is 7.08. The number of rotatable bonds is 0. The normalized spacial score (nSPS) is 18.5. The number of hydrogen-bond donors (Lipinski definition) is 1. The minimum atomic E-state index is -0.836. The van der Waals surface area contributed by atoms with Gasteiger partial charge < -0.3 is 10.6 Å². The predicted octanol–water partition coefficient (Wildman–Crippen LogP) is -0.126. The number of nitrogens with zero attached hydrogens (tertiary/aromatic N) is 1. The van der Waals surface area contributed by atoms with Gasteiger partial charge in [0.1, 0.15) is 0 Å². The van der Waals surface area contributed by atoms with Gasteiger partial charge in [-0.25, -0.2) is 0 Å². The number of hydrogen-bond acceptors (Lipinski definition) is 2. The standard InChI is InChI=1S/C8H14N2O2/c9-7(11)8(12)10-5-3-1-2-4-6-10/h1-6H2,(H2,9,11). The number of amides is 2. The van der Waals surface area contributed by atoms with Crippen molar-refractivity contribution in [3.05, 3.63) is 0 Å². The van der Waals surface area contributed by atoms with E-state index in [1.165, 1.54) is 0 Å². The topological polar surface area (TPSA) is 63.4 Å². The van der Waals surface area contributed by atoms with Gasteiger partial charge in [0, 0.05) is 13.1 Å². The Kier molecular flexibility index (Phi) is 3.08. The fourth-order valence-electron chi connectivity index (χ4n) is 1.43. The molecule has 0 radical (unpaired) electrons. The van der Waals surface area contributed by atoms with Crippen molar-refractivity contribution < 1.29 is 9.59 Å². The molecule has 4 nitrogen and oxygen atoms in total. The lowest BCUT2D eigenvalue weighted by Crippen LogP contribution is -2.40. The van der Waals surface area contributed by atoms with E-state index >= 15 is 0 Å². The Balaban J connectivity index is 2.48. The van der Waals surface area contributed by atoms with Gasteiger partial charge >= 0.3 is 11.8 Å². The van der Waals surface area contributed by atoms with Crippen LogP contribution in [0, 0.1) is 0 Å². The first-order chi connectivity index (χ1) is 5.72. The second-order valence-corrected chi connectivity index (χ2v) is 3.07. The molecule has 2 amide bonds. The largest absolute Gasteiger partial charge is 0.361 e. The molecule has 4 heteroatoms. The van der Waals surface area contributed by atoms with Crippen molar-refractivity contribution in [1.29, 1.82) is 0 Å². The maximum Gasteiger partial charge on any atom is 0.311 e. The zero-order valence-electron chi connectivity index (χ0n) is 7.08.